The largest absolute Gasteiger partial charge is 0.478 e. The number of aromatic carboxylic acids is 1. The average molecular weight is 623 g/mol. The molecule has 0 bridgehead atoms. The molecule has 3 heterocycles. The number of carboxylic acids is 1. The Kier molecular flexibility index (Phi) is 7.72. The maximum Gasteiger partial charge on any atom is 0.335 e. The molecular weight excluding hydrogens is 603 g/mol. The molecule has 5 aromatic rings. The molecule has 2 amide bonds. The lowest BCUT2D eigenvalue weighted by molar-refractivity contribution is -0.121. The number of carbonyl (C=O) groups is 3. The smallest absolute Gasteiger partial charge is 0.335 e. The van der Waals surface area contributed by atoms with Gasteiger partial charge in [-0.25, -0.2) is 23.8 Å². The van der Waals surface area contributed by atoms with Crippen LogP contribution in [0.25, 0.3) is 16.8 Å². The molecule has 1 atom stereocenters. The van der Waals surface area contributed by atoms with Crippen LogP contribution in [0.4, 0.5) is 10.1 Å². The fraction of sp³-hybridized carbons (Fsp3) is 0.0968. The maximum atomic E-state index is 14.7. The summed E-state index contributed by atoms with van der Waals surface area (Å²) in [6.07, 6.45) is 4.65. The molecule has 0 spiro atoms. The van der Waals surface area contributed by atoms with Gasteiger partial charge in [0, 0.05) is 30.2 Å². The van der Waals surface area contributed by atoms with Crippen molar-refractivity contribution in [2.24, 2.45) is 0 Å². The molecule has 2 aromatic heterocycles. The summed E-state index contributed by atoms with van der Waals surface area (Å²) in [4.78, 5) is 48.6. The second kappa shape index (κ2) is 11.9. The summed E-state index contributed by atoms with van der Waals surface area (Å²) < 4.78 is 15.7. The number of amides is 2. The van der Waals surface area contributed by atoms with Crippen LogP contribution >= 0.6 is 11.6 Å². The molecule has 6 rings (SSSR count). The molecule has 0 saturated carbocycles. The highest BCUT2D eigenvalue weighted by Gasteiger charge is 2.38. The van der Waals surface area contributed by atoms with Crippen LogP contribution in [0.5, 0.6) is 0 Å². The van der Waals surface area contributed by atoms with Gasteiger partial charge in [-0.15, -0.1) is 5.10 Å². The van der Waals surface area contributed by atoms with Crippen LogP contribution in [-0.4, -0.2) is 59.3 Å². The van der Waals surface area contributed by atoms with Crippen LogP contribution in [0, 0.1) is 17.1 Å². The van der Waals surface area contributed by atoms with Gasteiger partial charge < -0.3 is 15.3 Å². The normalized spacial score (nSPS) is 13.9. The second-order valence-corrected chi connectivity index (χ2v) is 10.3. The average Bonchev–Trinajstić information content (AvgIpc) is 3.55. The number of nitriles is 1. The van der Waals surface area contributed by atoms with Crippen LogP contribution in [0.1, 0.15) is 43.8 Å². The van der Waals surface area contributed by atoms with E-state index in [0.717, 1.165) is 15.8 Å². The summed E-state index contributed by atoms with van der Waals surface area (Å²) in [5.74, 6) is -3.02. The highest BCUT2D eigenvalue weighted by atomic mass is 35.5. The molecule has 0 fully saturated rings. The molecular formula is C31H20ClFN8O4. The van der Waals surface area contributed by atoms with Gasteiger partial charge in [-0.05, 0) is 59.5 Å². The summed E-state index contributed by atoms with van der Waals surface area (Å²) in [6, 6.07) is 16.0. The summed E-state index contributed by atoms with van der Waals surface area (Å²) in [7, 11) is 0. The van der Waals surface area contributed by atoms with Crippen LogP contribution in [0.2, 0.25) is 5.02 Å². The summed E-state index contributed by atoms with van der Waals surface area (Å²) in [6.45, 7) is 0.106. The van der Waals surface area contributed by atoms with E-state index >= 15 is 0 Å². The van der Waals surface area contributed by atoms with Crippen molar-refractivity contribution in [1.82, 2.24) is 29.9 Å². The van der Waals surface area contributed by atoms with Gasteiger partial charge in [0.2, 0.25) is 5.82 Å². The van der Waals surface area contributed by atoms with Crippen molar-refractivity contribution >= 4 is 35.1 Å². The number of hydrogen-bond acceptors (Lipinski definition) is 8. The third-order valence-corrected chi connectivity index (χ3v) is 7.58. The van der Waals surface area contributed by atoms with E-state index in [0.29, 0.717) is 23.2 Å². The zero-order valence-corrected chi connectivity index (χ0v) is 23.8. The summed E-state index contributed by atoms with van der Waals surface area (Å²) >= 11 is 5.91. The molecule has 0 saturated heterocycles. The number of nitrogens with zero attached hydrogens (tertiary/aromatic N) is 7. The van der Waals surface area contributed by atoms with Gasteiger partial charge >= 0.3 is 5.97 Å². The van der Waals surface area contributed by atoms with Crippen molar-refractivity contribution in [3.63, 3.8) is 0 Å². The number of aromatic nitrogens is 5. The van der Waals surface area contributed by atoms with Gasteiger partial charge in [-0.3, -0.25) is 9.59 Å². The van der Waals surface area contributed by atoms with E-state index in [1.54, 1.807) is 12.1 Å². The highest BCUT2D eigenvalue weighted by molar-refractivity contribution is 6.30. The Labute approximate surface area is 259 Å². The fourth-order valence-electron chi connectivity index (χ4n) is 5.17. The fourth-order valence-corrected chi connectivity index (χ4v) is 5.34. The molecule has 2 N–H and O–H groups in total. The van der Waals surface area contributed by atoms with Crippen molar-refractivity contribution < 1.29 is 23.9 Å². The predicted molar refractivity (Wildman–Crippen MR) is 158 cm³/mol. The third kappa shape index (κ3) is 5.57. The second-order valence-electron chi connectivity index (χ2n) is 9.92. The van der Waals surface area contributed by atoms with E-state index in [1.165, 1.54) is 66.0 Å². The minimum Gasteiger partial charge on any atom is -0.478 e. The number of carboxylic acid groups (broad SMARTS) is 1. The highest BCUT2D eigenvalue weighted by Crippen LogP contribution is 2.37. The van der Waals surface area contributed by atoms with Gasteiger partial charge in [0.1, 0.15) is 17.8 Å². The first-order chi connectivity index (χ1) is 21.7. The van der Waals surface area contributed by atoms with E-state index in [4.69, 9.17) is 16.9 Å². The Morgan fingerprint density at radius 1 is 1.04 bits per heavy atom. The Bertz CT molecular complexity index is 2010. The number of nitrogens with one attached hydrogen (secondary N) is 1. The number of hydrogen-bond donors (Lipinski definition) is 2. The topological polar surface area (TPSA) is 167 Å². The Balaban J connectivity index is 1.39. The molecule has 1 unspecified atom stereocenters. The molecule has 1 aliphatic heterocycles. The van der Waals surface area contributed by atoms with Crippen molar-refractivity contribution in [1.29, 1.82) is 5.26 Å². The van der Waals surface area contributed by atoms with Crippen molar-refractivity contribution in [3.8, 4) is 22.9 Å². The van der Waals surface area contributed by atoms with E-state index < -0.39 is 29.6 Å². The Morgan fingerprint density at radius 3 is 2.49 bits per heavy atom. The zero-order chi connectivity index (χ0) is 31.7. The lowest BCUT2D eigenvalue weighted by Crippen LogP contribution is -2.45. The maximum absolute atomic E-state index is 14.7. The first kappa shape index (κ1) is 29.1. The minimum atomic E-state index is -1.15. The van der Waals surface area contributed by atoms with E-state index in [1.807, 2.05) is 12.1 Å². The molecule has 3 aromatic carbocycles. The lowest BCUT2D eigenvalue weighted by atomic mass is 9.86. The van der Waals surface area contributed by atoms with Crippen LogP contribution < -0.4 is 5.32 Å². The van der Waals surface area contributed by atoms with Gasteiger partial charge in [0.15, 0.2) is 11.5 Å². The molecule has 1 aliphatic rings. The van der Waals surface area contributed by atoms with E-state index in [2.05, 4.69) is 25.6 Å². The van der Waals surface area contributed by atoms with E-state index in [-0.39, 0.29) is 34.3 Å². The standard InChI is InChI=1S/C31H20ClFN8O4/c32-23-5-2-6-25(27(23)33)41-16-24(38-39-41)30(43)40-12-11-21-20(18-14-35-26(13-34)36-15-18)3-1-4-22(21)28(40)29(42)37-19-9-7-17(8-10-19)31(44)45/h1-10,14-16,28H,11-12H2,(H,37,42)(H,44,45). The van der Waals surface area contributed by atoms with Gasteiger partial charge in [-0.1, -0.05) is 41.1 Å². The first-order valence-electron chi connectivity index (χ1n) is 13.4. The molecule has 14 heteroatoms. The lowest BCUT2D eigenvalue weighted by Gasteiger charge is -2.36. The molecule has 0 radical (unpaired) electrons. The number of benzene rings is 3. The minimum absolute atomic E-state index is 0.00795. The summed E-state index contributed by atoms with van der Waals surface area (Å²) in [5.41, 5.74) is 2.90. The summed E-state index contributed by atoms with van der Waals surface area (Å²) in [5, 5.41) is 28.9. The number of halogens is 2. The monoisotopic (exact) mass is 622 g/mol. The third-order valence-electron chi connectivity index (χ3n) is 7.28. The van der Waals surface area contributed by atoms with Crippen LogP contribution in [0.15, 0.2) is 79.3 Å². The van der Waals surface area contributed by atoms with E-state index in [9.17, 15) is 23.9 Å². The van der Waals surface area contributed by atoms with Gasteiger partial charge in [-0.2, -0.15) is 5.26 Å². The van der Waals surface area contributed by atoms with Crippen molar-refractivity contribution in [2.75, 3.05) is 11.9 Å². The number of rotatable bonds is 6. The molecule has 12 nitrogen and oxygen atoms in total. The number of fused-ring (bicyclic) bond motifs is 1. The Morgan fingerprint density at radius 2 is 1.78 bits per heavy atom. The van der Waals surface area contributed by atoms with Gasteiger partial charge in [0.05, 0.1) is 16.8 Å². The number of carbonyl (C=O) groups excluding carboxylic acids is 2. The van der Waals surface area contributed by atoms with Crippen molar-refractivity contribution in [3.05, 3.63) is 118 Å². The zero-order valence-electron chi connectivity index (χ0n) is 23.1. The van der Waals surface area contributed by atoms with Gasteiger partial charge in [0.25, 0.3) is 11.8 Å². The SMILES string of the molecule is N#Cc1ncc(-c2cccc3c2CCN(C(=O)c2cn(-c4cccc(Cl)c4F)nn2)C3C(=O)Nc2ccc(C(=O)O)cc2)cn1. The predicted octanol–water partition coefficient (Wildman–Crippen LogP) is 4.46. The quantitative estimate of drug-likeness (QED) is 0.278. The molecule has 222 valence electrons. The van der Waals surface area contributed by atoms with Crippen molar-refractivity contribution in [2.45, 2.75) is 12.5 Å². The molecule has 45 heavy (non-hydrogen) atoms. The first-order valence-corrected chi connectivity index (χ1v) is 13.8. The molecule has 0 aliphatic carbocycles. The Hall–Kier alpha value is -6.00. The number of anilines is 1. The van der Waals surface area contributed by atoms with Crippen LogP contribution in [-0.2, 0) is 11.2 Å². The van der Waals surface area contributed by atoms with Crippen LogP contribution in [0.3, 0.4) is 0 Å².